The number of ether oxygens (including phenoxy) is 1. The monoisotopic (exact) mass is 399 g/mol. The second-order valence-corrected chi connectivity index (χ2v) is 7.47. The van der Waals surface area contributed by atoms with Crippen molar-refractivity contribution in [3.05, 3.63) is 55.8 Å². The molecule has 0 aliphatic carbocycles. The average molecular weight is 399 g/mol. The highest BCUT2D eigenvalue weighted by Crippen LogP contribution is 2.24. The van der Waals surface area contributed by atoms with Gasteiger partial charge in [0.15, 0.2) is 0 Å². The molecule has 2 aromatic rings. The van der Waals surface area contributed by atoms with E-state index in [1.807, 2.05) is 46.7 Å². The normalized spacial score (nSPS) is 19.1. The minimum absolute atomic E-state index is 0.0217. The highest BCUT2D eigenvalue weighted by atomic mass is 127. The van der Waals surface area contributed by atoms with Crippen LogP contribution >= 0.6 is 33.9 Å². The summed E-state index contributed by atoms with van der Waals surface area (Å²) in [5, 5.41) is 1.93. The summed E-state index contributed by atoms with van der Waals surface area (Å²) < 4.78 is 6.93. The van der Waals surface area contributed by atoms with E-state index in [1.54, 1.807) is 11.3 Å². The van der Waals surface area contributed by atoms with Crippen molar-refractivity contribution in [3.8, 4) is 0 Å². The van der Waals surface area contributed by atoms with Crippen LogP contribution in [-0.4, -0.2) is 30.5 Å². The molecular weight excluding hydrogens is 385 g/mol. The Kier molecular flexibility index (Phi) is 4.38. The molecule has 1 aliphatic rings. The fourth-order valence-corrected chi connectivity index (χ4v) is 3.63. The number of halogens is 1. The molecule has 104 valence electrons. The van der Waals surface area contributed by atoms with Gasteiger partial charge in [-0.15, -0.1) is 11.3 Å². The Labute approximate surface area is 135 Å². The van der Waals surface area contributed by atoms with Gasteiger partial charge in [-0.25, -0.2) is 0 Å². The van der Waals surface area contributed by atoms with E-state index in [1.165, 1.54) is 0 Å². The van der Waals surface area contributed by atoms with Crippen molar-refractivity contribution >= 4 is 39.8 Å². The van der Waals surface area contributed by atoms with Crippen LogP contribution in [0.2, 0.25) is 0 Å². The number of nitrogens with zero attached hydrogens (tertiary/aromatic N) is 1. The van der Waals surface area contributed by atoms with E-state index in [2.05, 4.69) is 22.6 Å². The van der Waals surface area contributed by atoms with Crippen LogP contribution in [0.1, 0.15) is 22.0 Å². The van der Waals surface area contributed by atoms with E-state index in [-0.39, 0.29) is 12.0 Å². The highest BCUT2D eigenvalue weighted by Gasteiger charge is 2.26. The number of amides is 1. The first kappa shape index (κ1) is 14.0. The summed E-state index contributed by atoms with van der Waals surface area (Å²) >= 11 is 3.84. The first-order valence-corrected chi connectivity index (χ1v) is 8.40. The van der Waals surface area contributed by atoms with Crippen molar-refractivity contribution in [1.82, 2.24) is 4.90 Å². The zero-order valence-electron chi connectivity index (χ0n) is 10.8. The van der Waals surface area contributed by atoms with Gasteiger partial charge >= 0.3 is 0 Å². The molecule has 5 heteroatoms. The van der Waals surface area contributed by atoms with Gasteiger partial charge in [0.1, 0.15) is 6.10 Å². The smallest absolute Gasteiger partial charge is 0.254 e. The van der Waals surface area contributed by atoms with Crippen molar-refractivity contribution in [2.75, 3.05) is 19.7 Å². The molecule has 0 saturated carbocycles. The molecule has 1 atom stereocenters. The van der Waals surface area contributed by atoms with Crippen LogP contribution in [0.25, 0.3) is 0 Å². The molecule has 3 rings (SSSR count). The predicted molar refractivity (Wildman–Crippen MR) is 88.1 cm³/mol. The first-order chi connectivity index (χ1) is 9.74. The van der Waals surface area contributed by atoms with E-state index in [4.69, 9.17) is 4.74 Å². The fourth-order valence-electron chi connectivity index (χ4n) is 2.31. The second kappa shape index (κ2) is 6.24. The molecule has 0 spiro atoms. The molecule has 1 aromatic heterocycles. The number of carbonyl (C=O) groups excluding carboxylic acids is 1. The lowest BCUT2D eigenvalue weighted by Gasteiger charge is -2.33. The van der Waals surface area contributed by atoms with Crippen LogP contribution in [0.5, 0.6) is 0 Å². The van der Waals surface area contributed by atoms with Gasteiger partial charge in [-0.3, -0.25) is 4.79 Å². The number of benzene rings is 1. The Morgan fingerprint density at radius 3 is 2.85 bits per heavy atom. The summed E-state index contributed by atoms with van der Waals surface area (Å²) in [5.74, 6) is 0.105. The maximum atomic E-state index is 12.5. The molecule has 0 radical (unpaired) electrons. The summed E-state index contributed by atoms with van der Waals surface area (Å²) in [6, 6.07) is 12.0. The van der Waals surface area contributed by atoms with Gasteiger partial charge in [0.2, 0.25) is 0 Å². The Hall–Kier alpha value is -0.920. The summed E-state index contributed by atoms with van der Waals surface area (Å²) in [6.45, 7) is 1.87. The van der Waals surface area contributed by atoms with E-state index in [0.29, 0.717) is 19.7 Å². The van der Waals surface area contributed by atoms with Gasteiger partial charge in [0.25, 0.3) is 5.91 Å². The molecule has 0 N–H and O–H groups in total. The minimum atomic E-state index is -0.0217. The van der Waals surface area contributed by atoms with Gasteiger partial charge in [-0.2, -0.15) is 0 Å². The maximum absolute atomic E-state index is 12.5. The van der Waals surface area contributed by atoms with Gasteiger partial charge in [-0.1, -0.05) is 30.3 Å². The zero-order valence-corrected chi connectivity index (χ0v) is 13.8. The van der Waals surface area contributed by atoms with Gasteiger partial charge in [0, 0.05) is 11.9 Å². The molecule has 2 heterocycles. The zero-order chi connectivity index (χ0) is 13.9. The van der Waals surface area contributed by atoms with E-state index in [9.17, 15) is 4.79 Å². The molecule has 20 heavy (non-hydrogen) atoms. The quantitative estimate of drug-likeness (QED) is 0.723. The molecule has 1 unspecified atom stereocenters. The summed E-state index contributed by atoms with van der Waals surface area (Å²) in [6.07, 6.45) is -0.0217. The minimum Gasteiger partial charge on any atom is -0.370 e. The van der Waals surface area contributed by atoms with Gasteiger partial charge in [0.05, 0.1) is 21.6 Å². The first-order valence-electron chi connectivity index (χ1n) is 6.44. The van der Waals surface area contributed by atoms with Crippen LogP contribution in [0, 0.1) is 2.88 Å². The molecule has 1 fully saturated rings. The SMILES string of the molecule is O=C(c1csc(I)c1)N1CCOC(c2ccccc2)C1. The fraction of sp³-hybridized carbons (Fsp3) is 0.267. The van der Waals surface area contributed by atoms with Gasteiger partial charge in [-0.05, 0) is 34.2 Å². The highest BCUT2D eigenvalue weighted by molar-refractivity contribution is 14.1. The molecule has 0 bridgehead atoms. The van der Waals surface area contributed by atoms with Crippen LogP contribution in [0.3, 0.4) is 0 Å². The molecule has 1 amide bonds. The topological polar surface area (TPSA) is 29.5 Å². The van der Waals surface area contributed by atoms with Crippen LogP contribution < -0.4 is 0 Å². The number of carbonyl (C=O) groups is 1. The standard InChI is InChI=1S/C15H14INO2S/c16-14-8-12(10-20-14)15(18)17-6-7-19-13(9-17)11-4-2-1-3-5-11/h1-5,8,10,13H,6-7,9H2. The lowest BCUT2D eigenvalue weighted by molar-refractivity contribution is -0.0228. The average Bonchev–Trinajstić information content (AvgIpc) is 2.94. The lowest BCUT2D eigenvalue weighted by atomic mass is 10.1. The third-order valence-electron chi connectivity index (χ3n) is 3.34. The molecule has 3 nitrogen and oxygen atoms in total. The van der Waals surface area contributed by atoms with Crippen molar-refractivity contribution in [1.29, 1.82) is 0 Å². The Bertz CT molecular complexity index is 599. The summed E-state index contributed by atoms with van der Waals surface area (Å²) in [7, 11) is 0. The van der Waals surface area contributed by atoms with Gasteiger partial charge < -0.3 is 9.64 Å². The number of hydrogen-bond donors (Lipinski definition) is 0. The third kappa shape index (κ3) is 3.05. The molecule has 1 aliphatic heterocycles. The van der Waals surface area contributed by atoms with Crippen LogP contribution in [0.15, 0.2) is 41.8 Å². The van der Waals surface area contributed by atoms with E-state index in [0.717, 1.165) is 14.0 Å². The largest absolute Gasteiger partial charge is 0.370 e. The maximum Gasteiger partial charge on any atom is 0.254 e. The van der Waals surface area contributed by atoms with Crippen molar-refractivity contribution < 1.29 is 9.53 Å². The lowest BCUT2D eigenvalue weighted by Crippen LogP contribution is -2.42. The summed E-state index contributed by atoms with van der Waals surface area (Å²) in [5.41, 5.74) is 1.91. The molecule has 1 saturated heterocycles. The Morgan fingerprint density at radius 1 is 1.35 bits per heavy atom. The Morgan fingerprint density at radius 2 is 2.15 bits per heavy atom. The van der Waals surface area contributed by atoms with E-state index >= 15 is 0 Å². The summed E-state index contributed by atoms with van der Waals surface area (Å²) in [4.78, 5) is 14.4. The van der Waals surface area contributed by atoms with Crippen molar-refractivity contribution in [2.24, 2.45) is 0 Å². The number of hydrogen-bond acceptors (Lipinski definition) is 3. The predicted octanol–water partition coefficient (Wildman–Crippen LogP) is 3.57. The second-order valence-electron chi connectivity index (χ2n) is 4.66. The molecular formula is C15H14INO2S. The van der Waals surface area contributed by atoms with Crippen LogP contribution in [-0.2, 0) is 4.74 Å². The molecule has 1 aromatic carbocycles. The van der Waals surface area contributed by atoms with Crippen LogP contribution in [0.4, 0.5) is 0 Å². The number of morpholine rings is 1. The Balaban J connectivity index is 1.74. The van der Waals surface area contributed by atoms with Crippen molar-refractivity contribution in [2.45, 2.75) is 6.10 Å². The number of thiophene rings is 1. The number of rotatable bonds is 2. The van der Waals surface area contributed by atoms with E-state index < -0.39 is 0 Å². The van der Waals surface area contributed by atoms with Crippen molar-refractivity contribution in [3.63, 3.8) is 0 Å². The third-order valence-corrected chi connectivity index (χ3v) is 5.13.